The maximum atomic E-state index is 14.2. The molecule has 2 N–H and O–H groups in total. The number of methoxy groups -OCH3 is 1. The van der Waals surface area contributed by atoms with Crippen LogP contribution in [0.3, 0.4) is 0 Å². The predicted molar refractivity (Wildman–Crippen MR) is 140 cm³/mol. The predicted octanol–water partition coefficient (Wildman–Crippen LogP) is 5.75. The molecule has 0 aliphatic heterocycles. The van der Waals surface area contributed by atoms with Crippen molar-refractivity contribution < 1.29 is 23.0 Å². The highest BCUT2D eigenvalue weighted by molar-refractivity contribution is 5.86. The van der Waals surface area contributed by atoms with Crippen molar-refractivity contribution in [1.82, 2.24) is 14.3 Å². The smallest absolute Gasteiger partial charge is 0.392 e. The van der Waals surface area contributed by atoms with E-state index in [-0.39, 0.29) is 5.69 Å². The van der Waals surface area contributed by atoms with Crippen LogP contribution in [-0.4, -0.2) is 38.8 Å². The summed E-state index contributed by atoms with van der Waals surface area (Å²) in [6.07, 6.45) is -5.92. The zero-order valence-electron chi connectivity index (χ0n) is 21.8. The lowest BCUT2D eigenvalue weighted by Gasteiger charge is -2.48. The molecule has 6 nitrogen and oxygen atoms in total. The summed E-state index contributed by atoms with van der Waals surface area (Å²) in [6.45, 7) is 7.06. The normalized spacial score (nSPS) is 21.8. The Morgan fingerprint density at radius 1 is 1.03 bits per heavy atom. The number of aryl methyl sites for hydroxylation is 1. The molecule has 1 aliphatic carbocycles. The summed E-state index contributed by atoms with van der Waals surface area (Å²) in [5, 5.41) is 14.7. The molecule has 0 radical (unpaired) electrons. The molecule has 4 unspecified atom stereocenters. The SMILES string of the molecule is COC1C(c2c(C(F)(F)F)[nH]n(-c3ccccc3)c2=O)C(O)C1c1c(C)n(CCC(C)C)c2ccccc12. The average molecular weight is 528 g/mol. The van der Waals surface area contributed by atoms with Crippen molar-refractivity contribution in [1.29, 1.82) is 0 Å². The van der Waals surface area contributed by atoms with E-state index in [4.69, 9.17) is 4.74 Å². The number of nitrogens with one attached hydrogen (secondary N) is 1. The minimum atomic E-state index is -4.82. The summed E-state index contributed by atoms with van der Waals surface area (Å²) in [4.78, 5) is 13.4. The third-order valence-electron chi connectivity index (χ3n) is 7.82. The summed E-state index contributed by atoms with van der Waals surface area (Å²) in [5.41, 5.74) is 0.581. The molecule has 38 heavy (non-hydrogen) atoms. The number of benzene rings is 2. The van der Waals surface area contributed by atoms with E-state index in [1.165, 1.54) is 7.11 Å². The second kappa shape index (κ2) is 9.78. The van der Waals surface area contributed by atoms with Crippen LogP contribution in [0, 0.1) is 12.8 Å². The highest BCUT2D eigenvalue weighted by atomic mass is 19.4. The highest BCUT2D eigenvalue weighted by Crippen LogP contribution is 2.53. The molecule has 1 aliphatic rings. The lowest BCUT2D eigenvalue weighted by atomic mass is 9.62. The maximum Gasteiger partial charge on any atom is 0.433 e. The van der Waals surface area contributed by atoms with Gasteiger partial charge in [-0.1, -0.05) is 50.2 Å². The Labute approximate surface area is 218 Å². The number of alkyl halides is 3. The summed E-state index contributed by atoms with van der Waals surface area (Å²) < 4.78 is 51.3. The van der Waals surface area contributed by atoms with E-state index in [1.807, 2.05) is 31.2 Å². The number of fused-ring (bicyclic) bond motifs is 1. The molecule has 1 fully saturated rings. The first kappa shape index (κ1) is 26.3. The van der Waals surface area contributed by atoms with Gasteiger partial charge in [0.1, 0.15) is 5.69 Å². The van der Waals surface area contributed by atoms with Crippen molar-refractivity contribution in [3.8, 4) is 5.69 Å². The van der Waals surface area contributed by atoms with Crippen LogP contribution in [0.1, 0.15) is 54.6 Å². The van der Waals surface area contributed by atoms with E-state index in [1.54, 1.807) is 30.3 Å². The van der Waals surface area contributed by atoms with Gasteiger partial charge in [-0.15, -0.1) is 0 Å². The van der Waals surface area contributed by atoms with E-state index in [2.05, 4.69) is 23.5 Å². The van der Waals surface area contributed by atoms with Gasteiger partial charge in [0.15, 0.2) is 0 Å². The first-order valence-electron chi connectivity index (χ1n) is 12.8. The third kappa shape index (κ3) is 4.18. The third-order valence-corrected chi connectivity index (χ3v) is 7.82. The van der Waals surface area contributed by atoms with Crippen molar-refractivity contribution in [2.24, 2.45) is 5.92 Å². The standard InChI is InChI=1S/C29H32F3N3O3/c1-16(2)14-15-34-17(3)21(19-12-8-9-13-20(19)34)22-25(36)23(26(22)38-4)24-27(29(30,31)32)33-35(28(24)37)18-10-6-5-7-11-18/h5-13,16,22-23,25-26,33,36H,14-15H2,1-4H3. The molecular weight excluding hydrogens is 495 g/mol. The molecule has 5 rings (SSSR count). The first-order valence-corrected chi connectivity index (χ1v) is 12.8. The van der Waals surface area contributed by atoms with Gasteiger partial charge in [0.2, 0.25) is 0 Å². The molecule has 0 spiro atoms. The van der Waals surface area contributed by atoms with E-state index < -0.39 is 47.0 Å². The van der Waals surface area contributed by atoms with E-state index in [0.717, 1.165) is 39.8 Å². The summed E-state index contributed by atoms with van der Waals surface area (Å²) in [6, 6.07) is 15.9. The topological polar surface area (TPSA) is 72.2 Å². The van der Waals surface area contributed by atoms with E-state index >= 15 is 0 Å². The lowest BCUT2D eigenvalue weighted by Crippen LogP contribution is -2.54. The number of hydrogen-bond donors (Lipinski definition) is 2. The largest absolute Gasteiger partial charge is 0.433 e. The minimum Gasteiger partial charge on any atom is -0.392 e. The van der Waals surface area contributed by atoms with Crippen LogP contribution in [-0.2, 0) is 17.5 Å². The molecule has 4 atom stereocenters. The van der Waals surface area contributed by atoms with Gasteiger partial charge in [-0.3, -0.25) is 9.89 Å². The number of H-pyrrole nitrogens is 1. The molecule has 202 valence electrons. The first-order chi connectivity index (χ1) is 18.1. The number of hydrogen-bond acceptors (Lipinski definition) is 3. The number of aromatic amines is 1. The Kier molecular flexibility index (Phi) is 6.77. The molecule has 2 aromatic carbocycles. The minimum absolute atomic E-state index is 0.276. The van der Waals surface area contributed by atoms with Crippen LogP contribution in [0.25, 0.3) is 16.6 Å². The molecule has 9 heteroatoms. The number of nitrogens with zero attached hydrogens (tertiary/aromatic N) is 2. The van der Waals surface area contributed by atoms with Crippen LogP contribution in [0.15, 0.2) is 59.4 Å². The van der Waals surface area contributed by atoms with Crippen LogP contribution < -0.4 is 5.56 Å². The summed E-state index contributed by atoms with van der Waals surface area (Å²) in [7, 11) is 1.42. The summed E-state index contributed by atoms with van der Waals surface area (Å²) >= 11 is 0. The van der Waals surface area contributed by atoms with Crippen molar-refractivity contribution >= 4 is 10.9 Å². The van der Waals surface area contributed by atoms with Crippen LogP contribution >= 0.6 is 0 Å². The molecular formula is C29H32F3N3O3. The fourth-order valence-electron chi connectivity index (χ4n) is 5.94. The van der Waals surface area contributed by atoms with E-state index in [0.29, 0.717) is 5.92 Å². The van der Waals surface area contributed by atoms with Crippen molar-refractivity contribution in [3.63, 3.8) is 0 Å². The maximum absolute atomic E-state index is 14.2. The van der Waals surface area contributed by atoms with E-state index in [9.17, 15) is 23.1 Å². The van der Waals surface area contributed by atoms with Crippen molar-refractivity contribution in [2.75, 3.05) is 7.11 Å². The highest BCUT2D eigenvalue weighted by Gasteiger charge is 2.57. The van der Waals surface area contributed by atoms with Crippen LogP contribution in [0.2, 0.25) is 0 Å². The van der Waals surface area contributed by atoms with Gasteiger partial charge >= 0.3 is 6.18 Å². The van der Waals surface area contributed by atoms with Crippen molar-refractivity contribution in [2.45, 2.75) is 64.0 Å². The van der Waals surface area contributed by atoms with Gasteiger partial charge < -0.3 is 14.4 Å². The van der Waals surface area contributed by atoms with Crippen molar-refractivity contribution in [3.05, 3.63) is 87.5 Å². The monoisotopic (exact) mass is 527 g/mol. The lowest BCUT2D eigenvalue weighted by molar-refractivity contribution is -0.145. The van der Waals surface area contributed by atoms with Gasteiger partial charge in [-0.05, 0) is 43.0 Å². The average Bonchev–Trinajstić information content (AvgIpc) is 3.36. The zero-order valence-corrected chi connectivity index (χ0v) is 21.8. The Bertz CT molecular complexity index is 1500. The second-order valence-corrected chi connectivity index (χ2v) is 10.5. The Hall–Kier alpha value is -3.30. The Morgan fingerprint density at radius 2 is 1.66 bits per heavy atom. The van der Waals surface area contributed by atoms with Gasteiger partial charge in [-0.2, -0.15) is 13.2 Å². The Balaban J connectivity index is 1.62. The number of ether oxygens (including phenoxy) is 1. The van der Waals surface area contributed by atoms with Gasteiger partial charge in [-0.25, -0.2) is 4.68 Å². The quantitative estimate of drug-likeness (QED) is 0.322. The van der Waals surface area contributed by atoms with Gasteiger partial charge in [0.25, 0.3) is 5.56 Å². The number of aliphatic hydroxyl groups is 1. The molecule has 0 saturated heterocycles. The molecule has 0 amide bonds. The molecule has 2 aromatic heterocycles. The van der Waals surface area contributed by atoms with Gasteiger partial charge in [0, 0.05) is 42.1 Å². The Morgan fingerprint density at radius 3 is 2.29 bits per heavy atom. The molecule has 0 bridgehead atoms. The number of aliphatic hydroxyl groups excluding tert-OH is 1. The number of aromatic nitrogens is 3. The molecule has 4 aromatic rings. The van der Waals surface area contributed by atoms with Gasteiger partial charge in [0.05, 0.1) is 23.5 Å². The fraction of sp³-hybridized carbons (Fsp3) is 0.414. The number of para-hydroxylation sites is 2. The van der Waals surface area contributed by atoms with Crippen LogP contribution in [0.4, 0.5) is 13.2 Å². The second-order valence-electron chi connectivity index (χ2n) is 10.5. The molecule has 2 heterocycles. The number of halogens is 3. The van der Waals surface area contributed by atoms with Crippen LogP contribution in [0.5, 0.6) is 0 Å². The fourth-order valence-corrected chi connectivity index (χ4v) is 5.94. The number of rotatable bonds is 7. The summed E-state index contributed by atoms with van der Waals surface area (Å²) in [5.74, 6) is -1.24. The molecule has 1 saturated carbocycles. The zero-order chi connectivity index (χ0) is 27.4.